The summed E-state index contributed by atoms with van der Waals surface area (Å²) >= 11 is 9.85. The highest BCUT2D eigenvalue weighted by Gasteiger charge is 2.18. The third-order valence-electron chi connectivity index (χ3n) is 4.66. The Balaban J connectivity index is 1.72. The first kappa shape index (κ1) is 17.6. The fraction of sp³-hybridized carbons (Fsp3) is 0.250. The average Bonchev–Trinajstić information content (AvgIpc) is 2.65. The van der Waals surface area contributed by atoms with Crippen LogP contribution in [0.15, 0.2) is 40.9 Å². The zero-order valence-corrected chi connectivity index (χ0v) is 16.7. The monoisotopic (exact) mass is 431 g/mol. The Hall–Kier alpha value is -1.82. The summed E-state index contributed by atoms with van der Waals surface area (Å²) in [7, 11) is 1.62. The molecule has 2 aromatic carbocycles. The minimum Gasteiger partial charge on any atom is -0.495 e. The Morgan fingerprint density at radius 1 is 1.27 bits per heavy atom. The van der Waals surface area contributed by atoms with Gasteiger partial charge >= 0.3 is 0 Å². The summed E-state index contributed by atoms with van der Waals surface area (Å²) in [5.74, 6) is 0.690. The molecule has 0 amide bonds. The second-order valence-corrected chi connectivity index (χ2v) is 7.65. The maximum Gasteiger partial charge on any atom is 0.137 e. The summed E-state index contributed by atoms with van der Waals surface area (Å²) in [5.41, 5.74) is 5.69. The molecule has 2 heterocycles. The van der Waals surface area contributed by atoms with Gasteiger partial charge in [-0.05, 0) is 35.9 Å². The Labute approximate surface area is 166 Å². The van der Waals surface area contributed by atoms with Crippen LogP contribution in [0.4, 0.5) is 5.69 Å². The molecule has 4 nitrogen and oxygen atoms in total. The van der Waals surface area contributed by atoms with Crippen molar-refractivity contribution in [2.75, 3.05) is 19.0 Å². The summed E-state index contributed by atoms with van der Waals surface area (Å²) in [5, 5.41) is 8.83. The summed E-state index contributed by atoms with van der Waals surface area (Å²) in [6, 6.07) is 12.1. The number of ether oxygens (including phenoxy) is 1. The van der Waals surface area contributed by atoms with Gasteiger partial charge in [0.05, 0.1) is 23.3 Å². The van der Waals surface area contributed by atoms with E-state index in [9.17, 15) is 0 Å². The van der Waals surface area contributed by atoms with Crippen LogP contribution in [0.3, 0.4) is 0 Å². The predicted octanol–water partition coefficient (Wildman–Crippen LogP) is 4.92. The number of halogens is 2. The number of benzene rings is 2. The summed E-state index contributed by atoms with van der Waals surface area (Å²) in [4.78, 5) is 4.87. The Kier molecular flexibility index (Phi) is 5.02. The van der Waals surface area contributed by atoms with Crippen LogP contribution in [0.2, 0.25) is 5.02 Å². The summed E-state index contributed by atoms with van der Waals surface area (Å²) in [6.07, 6.45) is 0.949. The topological polar surface area (TPSA) is 46.2 Å². The minimum atomic E-state index is 0.623. The lowest BCUT2D eigenvalue weighted by Crippen LogP contribution is -2.26. The molecule has 1 aliphatic heterocycles. The van der Waals surface area contributed by atoms with E-state index in [0.29, 0.717) is 17.3 Å². The van der Waals surface area contributed by atoms with Crippen molar-refractivity contribution in [3.05, 3.63) is 62.7 Å². The first-order valence-electron chi connectivity index (χ1n) is 8.53. The third-order valence-corrected chi connectivity index (χ3v) is 5.45. The van der Waals surface area contributed by atoms with E-state index in [1.807, 2.05) is 24.3 Å². The van der Waals surface area contributed by atoms with Crippen LogP contribution in [0.25, 0.3) is 10.9 Å². The number of pyridine rings is 1. The van der Waals surface area contributed by atoms with E-state index in [1.54, 1.807) is 7.11 Å². The van der Waals surface area contributed by atoms with Crippen molar-refractivity contribution >= 4 is 44.1 Å². The molecule has 1 aliphatic rings. The standard InChI is InChI=1S/C20H19BrClN3O/c1-26-19-5-2-12(8-16(19)22)10-24-20-14-9-13(21)3-4-17(14)25-18-6-7-23-11-15(18)20/h2-5,8-9,23H,6-7,10-11H2,1H3,(H,24,25). The first-order chi connectivity index (χ1) is 12.7. The van der Waals surface area contributed by atoms with Crippen LogP contribution in [0, 0.1) is 0 Å². The quantitative estimate of drug-likeness (QED) is 0.614. The minimum absolute atomic E-state index is 0.623. The normalized spacial score (nSPS) is 13.5. The molecule has 0 radical (unpaired) electrons. The molecule has 0 unspecified atom stereocenters. The molecule has 134 valence electrons. The van der Waals surface area contributed by atoms with Gasteiger partial charge in [-0.25, -0.2) is 0 Å². The SMILES string of the molecule is COc1ccc(CNc2c3c(nc4ccc(Br)cc24)CCNC3)cc1Cl. The van der Waals surface area contributed by atoms with Crippen molar-refractivity contribution in [2.45, 2.75) is 19.5 Å². The molecule has 3 aromatic rings. The highest BCUT2D eigenvalue weighted by molar-refractivity contribution is 9.10. The molecule has 0 spiro atoms. The number of fused-ring (bicyclic) bond motifs is 2. The van der Waals surface area contributed by atoms with Crippen LogP contribution in [-0.2, 0) is 19.5 Å². The first-order valence-corrected chi connectivity index (χ1v) is 9.71. The van der Waals surface area contributed by atoms with Crippen LogP contribution < -0.4 is 15.4 Å². The van der Waals surface area contributed by atoms with E-state index in [1.165, 1.54) is 11.3 Å². The zero-order chi connectivity index (χ0) is 18.1. The van der Waals surface area contributed by atoms with E-state index in [-0.39, 0.29) is 0 Å². The molecule has 0 bridgehead atoms. The van der Waals surface area contributed by atoms with Gasteiger partial charge in [0.2, 0.25) is 0 Å². The number of rotatable bonds is 4. The molecule has 0 saturated heterocycles. The summed E-state index contributed by atoms with van der Waals surface area (Å²) < 4.78 is 6.28. The van der Waals surface area contributed by atoms with Crippen molar-refractivity contribution < 1.29 is 4.74 Å². The molecule has 1 aromatic heterocycles. The molecule has 6 heteroatoms. The van der Waals surface area contributed by atoms with E-state index in [4.69, 9.17) is 21.3 Å². The second kappa shape index (κ2) is 7.43. The van der Waals surface area contributed by atoms with Gasteiger partial charge in [0, 0.05) is 47.2 Å². The van der Waals surface area contributed by atoms with Crippen LogP contribution in [-0.4, -0.2) is 18.6 Å². The number of aromatic nitrogens is 1. The third kappa shape index (κ3) is 3.39. The van der Waals surface area contributed by atoms with Gasteiger partial charge in [0.1, 0.15) is 5.75 Å². The van der Waals surface area contributed by atoms with Crippen molar-refractivity contribution in [2.24, 2.45) is 0 Å². The summed E-state index contributed by atoms with van der Waals surface area (Å²) in [6.45, 7) is 2.48. The van der Waals surface area contributed by atoms with Crippen molar-refractivity contribution in [1.82, 2.24) is 10.3 Å². The van der Waals surface area contributed by atoms with Crippen LogP contribution in [0.5, 0.6) is 5.75 Å². The van der Waals surface area contributed by atoms with Gasteiger partial charge in [-0.3, -0.25) is 4.98 Å². The van der Waals surface area contributed by atoms with Gasteiger partial charge in [-0.2, -0.15) is 0 Å². The lowest BCUT2D eigenvalue weighted by atomic mass is 10.0. The Morgan fingerprint density at radius 3 is 2.96 bits per heavy atom. The lowest BCUT2D eigenvalue weighted by molar-refractivity contribution is 0.415. The van der Waals surface area contributed by atoms with Gasteiger partial charge in [0.25, 0.3) is 0 Å². The molecule has 4 rings (SSSR count). The van der Waals surface area contributed by atoms with Crippen molar-refractivity contribution in [1.29, 1.82) is 0 Å². The van der Waals surface area contributed by atoms with Gasteiger partial charge < -0.3 is 15.4 Å². The molecule has 0 fully saturated rings. The van der Waals surface area contributed by atoms with E-state index in [2.05, 4.69) is 38.7 Å². The van der Waals surface area contributed by atoms with Gasteiger partial charge in [-0.1, -0.05) is 33.6 Å². The second-order valence-electron chi connectivity index (χ2n) is 6.32. The van der Waals surface area contributed by atoms with Crippen molar-refractivity contribution in [3.63, 3.8) is 0 Å². The van der Waals surface area contributed by atoms with Crippen LogP contribution in [0.1, 0.15) is 16.8 Å². The molecular weight excluding hydrogens is 414 g/mol. The fourth-order valence-electron chi connectivity index (χ4n) is 3.36. The van der Waals surface area contributed by atoms with E-state index >= 15 is 0 Å². The molecule has 0 aliphatic carbocycles. The Morgan fingerprint density at radius 2 is 2.15 bits per heavy atom. The Bertz CT molecular complexity index is 977. The maximum atomic E-state index is 6.26. The average molecular weight is 433 g/mol. The largest absolute Gasteiger partial charge is 0.495 e. The molecule has 2 N–H and O–H groups in total. The van der Waals surface area contributed by atoms with Crippen LogP contribution >= 0.6 is 27.5 Å². The molecular formula is C20H19BrClN3O. The van der Waals surface area contributed by atoms with E-state index < -0.39 is 0 Å². The molecule has 26 heavy (non-hydrogen) atoms. The number of methoxy groups -OCH3 is 1. The van der Waals surface area contributed by atoms with Gasteiger partial charge in [-0.15, -0.1) is 0 Å². The highest BCUT2D eigenvalue weighted by atomic mass is 79.9. The number of nitrogens with one attached hydrogen (secondary N) is 2. The lowest BCUT2D eigenvalue weighted by Gasteiger charge is -2.22. The molecule has 0 saturated carbocycles. The number of anilines is 1. The maximum absolute atomic E-state index is 6.26. The number of hydrogen-bond acceptors (Lipinski definition) is 4. The highest BCUT2D eigenvalue weighted by Crippen LogP contribution is 2.33. The number of hydrogen-bond donors (Lipinski definition) is 2. The fourth-order valence-corrected chi connectivity index (χ4v) is 4.00. The van der Waals surface area contributed by atoms with Gasteiger partial charge in [0.15, 0.2) is 0 Å². The van der Waals surface area contributed by atoms with Crippen molar-refractivity contribution in [3.8, 4) is 5.75 Å². The zero-order valence-electron chi connectivity index (χ0n) is 14.4. The van der Waals surface area contributed by atoms with E-state index in [0.717, 1.165) is 46.1 Å². The molecule has 0 atom stereocenters. The predicted molar refractivity (Wildman–Crippen MR) is 110 cm³/mol. The number of nitrogens with zero attached hydrogens (tertiary/aromatic N) is 1. The smallest absolute Gasteiger partial charge is 0.137 e.